The van der Waals surface area contributed by atoms with Gasteiger partial charge >= 0.3 is 0 Å². The summed E-state index contributed by atoms with van der Waals surface area (Å²) in [5.41, 5.74) is 0.183. The molecule has 0 radical (unpaired) electrons. The monoisotopic (exact) mass is 267 g/mol. The maximum absolute atomic E-state index is 12.2. The molecule has 2 fully saturated rings. The molecule has 0 aromatic heterocycles. The number of rotatable bonds is 4. The van der Waals surface area contributed by atoms with Gasteiger partial charge in [0.15, 0.2) is 0 Å². The largest absolute Gasteiger partial charge is 0.353 e. The van der Waals surface area contributed by atoms with E-state index in [4.69, 9.17) is 0 Å². The van der Waals surface area contributed by atoms with Crippen LogP contribution in [0.25, 0.3) is 0 Å². The van der Waals surface area contributed by atoms with E-state index in [1.54, 1.807) is 0 Å². The van der Waals surface area contributed by atoms with Gasteiger partial charge in [0.1, 0.15) is 0 Å². The van der Waals surface area contributed by atoms with E-state index in [0.717, 1.165) is 19.5 Å². The summed E-state index contributed by atoms with van der Waals surface area (Å²) in [7, 11) is 4.30. The predicted octanol–water partition coefficient (Wildman–Crippen LogP) is 1.51. The number of amides is 1. The molecule has 0 bridgehead atoms. The van der Waals surface area contributed by atoms with E-state index in [2.05, 4.69) is 29.6 Å². The highest BCUT2D eigenvalue weighted by atomic mass is 16.2. The fourth-order valence-corrected chi connectivity index (χ4v) is 3.44. The molecule has 1 heterocycles. The molecule has 1 aliphatic heterocycles. The van der Waals surface area contributed by atoms with Crippen LogP contribution in [0.15, 0.2) is 0 Å². The van der Waals surface area contributed by atoms with Gasteiger partial charge < -0.3 is 15.5 Å². The first-order valence-electron chi connectivity index (χ1n) is 7.83. The summed E-state index contributed by atoms with van der Waals surface area (Å²) < 4.78 is 0. The maximum Gasteiger partial charge on any atom is 0.237 e. The minimum Gasteiger partial charge on any atom is -0.353 e. The molecule has 2 rings (SSSR count). The molecule has 19 heavy (non-hydrogen) atoms. The van der Waals surface area contributed by atoms with Crippen LogP contribution >= 0.6 is 0 Å². The summed E-state index contributed by atoms with van der Waals surface area (Å²) >= 11 is 0. The van der Waals surface area contributed by atoms with Crippen molar-refractivity contribution >= 4 is 5.91 Å². The first-order valence-corrected chi connectivity index (χ1v) is 7.83. The van der Waals surface area contributed by atoms with Gasteiger partial charge in [0.05, 0.1) is 6.04 Å². The third kappa shape index (κ3) is 3.69. The Bertz CT molecular complexity index is 292. The average Bonchev–Trinajstić information content (AvgIpc) is 2.46. The number of likely N-dealkylation sites (N-methyl/N-ethyl adjacent to an activating group) is 1. The molecule has 110 valence electrons. The minimum absolute atomic E-state index is 0.0385. The molecule has 1 saturated carbocycles. The van der Waals surface area contributed by atoms with E-state index in [1.807, 2.05) is 0 Å². The van der Waals surface area contributed by atoms with Gasteiger partial charge in [-0.2, -0.15) is 0 Å². The molecule has 0 aromatic rings. The first-order chi connectivity index (χ1) is 9.14. The molecule has 1 amide bonds. The van der Waals surface area contributed by atoms with Crippen LogP contribution in [0.5, 0.6) is 0 Å². The van der Waals surface area contributed by atoms with Crippen molar-refractivity contribution in [1.82, 2.24) is 15.5 Å². The molecule has 1 unspecified atom stereocenters. The molecule has 2 N–H and O–H groups in total. The van der Waals surface area contributed by atoms with Crippen molar-refractivity contribution in [2.24, 2.45) is 0 Å². The van der Waals surface area contributed by atoms with Crippen molar-refractivity contribution in [1.29, 1.82) is 0 Å². The number of hydrogen-bond acceptors (Lipinski definition) is 3. The number of piperidine rings is 1. The van der Waals surface area contributed by atoms with Gasteiger partial charge in [-0.25, -0.2) is 0 Å². The van der Waals surface area contributed by atoms with Crippen LogP contribution < -0.4 is 10.6 Å². The van der Waals surface area contributed by atoms with Crippen LogP contribution in [-0.2, 0) is 4.79 Å². The predicted molar refractivity (Wildman–Crippen MR) is 78.2 cm³/mol. The van der Waals surface area contributed by atoms with E-state index in [1.165, 1.54) is 44.9 Å². The van der Waals surface area contributed by atoms with Crippen LogP contribution in [0.2, 0.25) is 0 Å². The summed E-state index contributed by atoms with van der Waals surface area (Å²) in [6.07, 6.45) is 9.69. The van der Waals surface area contributed by atoms with Gasteiger partial charge in [0, 0.05) is 12.1 Å². The Morgan fingerprint density at radius 2 is 1.95 bits per heavy atom. The number of nitrogens with one attached hydrogen (secondary N) is 2. The first kappa shape index (κ1) is 14.8. The van der Waals surface area contributed by atoms with E-state index in [0.29, 0.717) is 0 Å². The second-order valence-electron chi connectivity index (χ2n) is 6.40. The van der Waals surface area contributed by atoms with Crippen molar-refractivity contribution < 1.29 is 4.79 Å². The minimum atomic E-state index is 0.0385. The average molecular weight is 267 g/mol. The molecule has 0 aromatic carbocycles. The van der Waals surface area contributed by atoms with Crippen LogP contribution in [0, 0.1) is 0 Å². The SMILES string of the molecule is CN(C)C1(CNC(=O)C2CCCCN2)CCCCC1. The van der Waals surface area contributed by atoms with Gasteiger partial charge in [-0.1, -0.05) is 25.7 Å². The third-order valence-corrected chi connectivity index (χ3v) is 4.95. The zero-order valence-electron chi connectivity index (χ0n) is 12.5. The van der Waals surface area contributed by atoms with Crippen molar-refractivity contribution in [3.8, 4) is 0 Å². The van der Waals surface area contributed by atoms with Gasteiger partial charge in [0.2, 0.25) is 5.91 Å². The Balaban J connectivity index is 1.86. The standard InChI is InChI=1S/C15H29N3O/c1-18(2)15(9-5-3-6-10-15)12-17-14(19)13-8-4-7-11-16-13/h13,16H,3-12H2,1-2H3,(H,17,19). The van der Waals surface area contributed by atoms with E-state index >= 15 is 0 Å². The third-order valence-electron chi connectivity index (χ3n) is 4.95. The molecule has 2 aliphatic rings. The summed E-state index contributed by atoms with van der Waals surface area (Å²) in [5.74, 6) is 0.200. The molecule has 1 saturated heterocycles. The maximum atomic E-state index is 12.2. The zero-order chi connectivity index (χ0) is 13.7. The lowest BCUT2D eigenvalue weighted by atomic mass is 9.80. The van der Waals surface area contributed by atoms with Crippen molar-refractivity contribution in [2.75, 3.05) is 27.2 Å². The van der Waals surface area contributed by atoms with E-state index in [-0.39, 0.29) is 17.5 Å². The lowest BCUT2D eigenvalue weighted by Crippen LogP contribution is -2.56. The highest BCUT2D eigenvalue weighted by Crippen LogP contribution is 2.31. The smallest absolute Gasteiger partial charge is 0.237 e. The second-order valence-corrected chi connectivity index (χ2v) is 6.40. The molecular weight excluding hydrogens is 238 g/mol. The summed E-state index contributed by atoms with van der Waals surface area (Å²) in [6, 6.07) is 0.0385. The van der Waals surface area contributed by atoms with Gasteiger partial charge in [0.25, 0.3) is 0 Å². The Morgan fingerprint density at radius 1 is 1.21 bits per heavy atom. The van der Waals surface area contributed by atoms with Crippen molar-refractivity contribution in [2.45, 2.75) is 62.9 Å². The normalized spacial score (nSPS) is 27.2. The highest BCUT2D eigenvalue weighted by molar-refractivity contribution is 5.81. The lowest BCUT2D eigenvalue weighted by Gasteiger charge is -2.43. The van der Waals surface area contributed by atoms with Crippen LogP contribution in [-0.4, -0.2) is 49.6 Å². The van der Waals surface area contributed by atoms with E-state index in [9.17, 15) is 4.79 Å². The molecule has 1 aliphatic carbocycles. The van der Waals surface area contributed by atoms with Crippen LogP contribution in [0.3, 0.4) is 0 Å². The lowest BCUT2D eigenvalue weighted by molar-refractivity contribution is -0.124. The Labute approximate surface area is 117 Å². The van der Waals surface area contributed by atoms with Crippen molar-refractivity contribution in [3.05, 3.63) is 0 Å². The summed E-state index contributed by atoms with van der Waals surface area (Å²) in [5, 5.41) is 6.52. The number of nitrogens with zero attached hydrogens (tertiary/aromatic N) is 1. The molecule has 1 atom stereocenters. The zero-order valence-corrected chi connectivity index (χ0v) is 12.5. The Hall–Kier alpha value is -0.610. The van der Waals surface area contributed by atoms with Gasteiger partial charge in [-0.05, 0) is 46.3 Å². The summed E-state index contributed by atoms with van der Waals surface area (Å²) in [4.78, 5) is 14.5. The second kappa shape index (κ2) is 6.71. The Kier molecular flexibility index (Phi) is 5.22. The van der Waals surface area contributed by atoms with Crippen LogP contribution in [0.4, 0.5) is 0 Å². The molecule has 4 nitrogen and oxygen atoms in total. The molecule has 4 heteroatoms. The summed E-state index contributed by atoms with van der Waals surface area (Å²) in [6.45, 7) is 1.79. The molecule has 0 spiro atoms. The number of carbonyl (C=O) groups is 1. The van der Waals surface area contributed by atoms with Crippen molar-refractivity contribution in [3.63, 3.8) is 0 Å². The van der Waals surface area contributed by atoms with Gasteiger partial charge in [-0.15, -0.1) is 0 Å². The quantitative estimate of drug-likeness (QED) is 0.811. The number of hydrogen-bond donors (Lipinski definition) is 2. The fraction of sp³-hybridized carbons (Fsp3) is 0.933. The van der Waals surface area contributed by atoms with E-state index < -0.39 is 0 Å². The Morgan fingerprint density at radius 3 is 2.53 bits per heavy atom. The molecular formula is C15H29N3O. The van der Waals surface area contributed by atoms with Crippen LogP contribution in [0.1, 0.15) is 51.4 Å². The number of carbonyl (C=O) groups excluding carboxylic acids is 1. The highest BCUT2D eigenvalue weighted by Gasteiger charge is 2.35. The van der Waals surface area contributed by atoms with Gasteiger partial charge in [-0.3, -0.25) is 4.79 Å². The fourth-order valence-electron chi connectivity index (χ4n) is 3.44. The topological polar surface area (TPSA) is 44.4 Å².